The molecule has 0 saturated carbocycles. The average molecular weight is 825 g/mol. The zero-order valence-electron chi connectivity index (χ0n) is 27.4. The van der Waals surface area contributed by atoms with Gasteiger partial charge >= 0.3 is 126 Å². The Bertz CT molecular complexity index is 1910. The predicted molar refractivity (Wildman–Crippen MR) is 180 cm³/mol. The summed E-state index contributed by atoms with van der Waals surface area (Å²) in [6.45, 7) is 8.22. The fraction of sp³-hybridized carbons (Fsp3) is 0.263. The van der Waals surface area contributed by atoms with E-state index in [2.05, 4.69) is 66.6 Å². The van der Waals surface area contributed by atoms with Gasteiger partial charge < -0.3 is 9.40 Å². The molecule has 6 aromatic rings. The fourth-order valence-electron chi connectivity index (χ4n) is 5.28. The molecule has 6 heteroatoms. The maximum absolute atomic E-state index is 14.0. The van der Waals surface area contributed by atoms with Gasteiger partial charge in [0.15, 0.2) is 11.4 Å². The number of fused-ring (bicyclic) bond motifs is 3. The Morgan fingerprint density at radius 3 is 2.32 bits per heavy atom. The van der Waals surface area contributed by atoms with E-state index in [0.29, 0.717) is 22.8 Å². The predicted octanol–water partition coefficient (Wildman–Crippen LogP) is 10.0. The van der Waals surface area contributed by atoms with Gasteiger partial charge in [-0.25, -0.2) is 4.39 Å². The number of halogens is 1. The Balaban J connectivity index is 0.000000204. The molecule has 44 heavy (non-hydrogen) atoms. The van der Waals surface area contributed by atoms with Crippen molar-refractivity contribution in [2.75, 3.05) is 0 Å². The Morgan fingerprint density at radius 1 is 0.864 bits per heavy atom. The van der Waals surface area contributed by atoms with Crippen LogP contribution >= 0.6 is 0 Å². The van der Waals surface area contributed by atoms with Crippen LogP contribution in [0.4, 0.5) is 4.39 Å². The topological polar surface area (TPSA) is 38.9 Å². The molecule has 0 amide bonds. The van der Waals surface area contributed by atoms with E-state index in [-0.39, 0.29) is 31.5 Å². The maximum atomic E-state index is 14.0. The summed E-state index contributed by atoms with van der Waals surface area (Å²) in [7, 11) is 0. The van der Waals surface area contributed by atoms with Crippen LogP contribution in [0.25, 0.3) is 44.5 Å². The molecule has 229 valence electrons. The van der Waals surface area contributed by atoms with E-state index in [1.165, 1.54) is 11.6 Å². The molecule has 0 aliphatic carbocycles. The molecule has 0 saturated heterocycles. The third-order valence-corrected chi connectivity index (χ3v) is 11.8. The minimum Gasteiger partial charge on any atom is -0.498 e. The van der Waals surface area contributed by atoms with Crippen molar-refractivity contribution in [1.29, 1.82) is 0 Å². The second-order valence-corrected chi connectivity index (χ2v) is 23.2. The maximum Gasteiger partial charge on any atom is 0.165 e. The van der Waals surface area contributed by atoms with Gasteiger partial charge in [0, 0.05) is 33.1 Å². The van der Waals surface area contributed by atoms with E-state index in [1.807, 2.05) is 56.3 Å². The molecule has 0 aliphatic rings. The van der Waals surface area contributed by atoms with Gasteiger partial charge in [-0.05, 0) is 23.7 Å². The number of rotatable bonds is 6. The number of nitrogens with zero attached hydrogens (tertiary/aromatic N) is 2. The second kappa shape index (κ2) is 14.3. The van der Waals surface area contributed by atoms with Crippen LogP contribution in [0.15, 0.2) is 89.6 Å². The summed E-state index contributed by atoms with van der Waals surface area (Å²) in [6, 6.07) is 29.0. The van der Waals surface area contributed by atoms with Crippen LogP contribution in [0.3, 0.4) is 0 Å². The van der Waals surface area contributed by atoms with Crippen molar-refractivity contribution in [2.45, 2.75) is 57.3 Å². The van der Waals surface area contributed by atoms with Crippen molar-refractivity contribution >= 4 is 39.6 Å². The van der Waals surface area contributed by atoms with Crippen molar-refractivity contribution in [3.8, 4) is 22.5 Å². The number of pyridine rings is 2. The molecule has 0 spiro atoms. The molecule has 3 aromatic carbocycles. The standard InChI is InChI=1S/C20H15FNO.C18H24GeN.Ir/c1-12(2)13-9-10-22-18(11-13)16-7-3-5-14-15-6-4-8-17(21)20(15)23-19(14)16;1-14(2)11-16-12-18(15-9-7-6-8-10-15)20-13-17(16)19(3,4)5;/h3-6,8-12H,1-2H3;6-9,12-14H,11H2,1-5H3;/q2*-1;/i12D;;. The molecule has 0 fully saturated rings. The summed E-state index contributed by atoms with van der Waals surface area (Å²) < 4.78 is 29.6. The number of hydrogen-bond acceptors (Lipinski definition) is 3. The Hall–Kier alpha value is -3.12. The molecule has 3 heterocycles. The van der Waals surface area contributed by atoms with Crippen molar-refractivity contribution in [2.24, 2.45) is 5.92 Å². The first-order valence-electron chi connectivity index (χ1n) is 15.3. The summed E-state index contributed by atoms with van der Waals surface area (Å²) in [5.74, 6) is 6.88. The van der Waals surface area contributed by atoms with Gasteiger partial charge in [-0.1, -0.05) is 48.6 Å². The second-order valence-electron chi connectivity index (χ2n) is 12.6. The Morgan fingerprint density at radius 2 is 1.64 bits per heavy atom. The fourth-order valence-corrected chi connectivity index (χ4v) is 8.61. The molecule has 0 atom stereocenters. The van der Waals surface area contributed by atoms with Crippen molar-refractivity contribution in [3.63, 3.8) is 0 Å². The first-order valence-corrected chi connectivity index (χ1v) is 22.1. The molecule has 6 rings (SSSR count). The summed E-state index contributed by atoms with van der Waals surface area (Å²) in [4.78, 5) is 9.10. The normalized spacial score (nSPS) is 12.1. The molecular weight excluding hydrogens is 784 g/mol. The van der Waals surface area contributed by atoms with Crippen molar-refractivity contribution in [3.05, 3.63) is 114 Å². The SMILES string of the molecule is CC(C)Cc1cc(-c2[c-]cccc2)nc[c]1[Ge]([CH3])([CH3])[CH3].[2H]C(C)(C)c1ccnc(-c2[c-]ccc3c2oc2c(F)cccc23)c1.[Ir]. The van der Waals surface area contributed by atoms with E-state index >= 15 is 0 Å². The van der Waals surface area contributed by atoms with Crippen LogP contribution in [0.5, 0.6) is 0 Å². The van der Waals surface area contributed by atoms with Gasteiger partial charge in [0.05, 0.1) is 5.58 Å². The minimum absolute atomic E-state index is 0. The van der Waals surface area contributed by atoms with Gasteiger partial charge in [-0.2, -0.15) is 0 Å². The molecule has 0 unspecified atom stereocenters. The van der Waals surface area contributed by atoms with Gasteiger partial charge in [-0.3, -0.25) is 0 Å². The van der Waals surface area contributed by atoms with Gasteiger partial charge in [0.2, 0.25) is 0 Å². The third kappa shape index (κ3) is 7.57. The van der Waals surface area contributed by atoms with Crippen molar-refractivity contribution < 1.29 is 30.3 Å². The molecule has 3 nitrogen and oxygen atoms in total. The summed E-state index contributed by atoms with van der Waals surface area (Å²) in [6.07, 6.45) is 4.95. The van der Waals surface area contributed by atoms with Crippen LogP contribution < -0.4 is 4.40 Å². The summed E-state index contributed by atoms with van der Waals surface area (Å²) >= 11 is -1.86. The summed E-state index contributed by atoms with van der Waals surface area (Å²) in [5, 5.41) is 1.56. The van der Waals surface area contributed by atoms with E-state index in [1.54, 1.807) is 22.7 Å². The van der Waals surface area contributed by atoms with Crippen molar-refractivity contribution in [1.82, 2.24) is 9.97 Å². The first-order chi connectivity index (χ1) is 20.8. The molecular formula is C38H39FGeIrN2O-2. The van der Waals surface area contributed by atoms with Gasteiger partial charge in [-0.15, -0.1) is 18.2 Å². The molecule has 0 N–H and O–H groups in total. The summed E-state index contributed by atoms with van der Waals surface area (Å²) in [5.41, 5.74) is 6.62. The molecule has 0 bridgehead atoms. The van der Waals surface area contributed by atoms with Gasteiger partial charge in [0.1, 0.15) is 0 Å². The number of para-hydroxylation sites is 1. The smallest absolute Gasteiger partial charge is 0.165 e. The van der Waals surface area contributed by atoms with Crippen LogP contribution in [0, 0.1) is 23.9 Å². The Kier molecular flexibility index (Phi) is 10.5. The number of furan rings is 1. The molecule has 0 aliphatic heterocycles. The van der Waals surface area contributed by atoms with Crippen LogP contribution in [0.2, 0.25) is 17.3 Å². The first kappa shape index (κ1) is 32.3. The monoisotopic (exact) mass is 826 g/mol. The molecule has 1 radical (unpaired) electrons. The Labute approximate surface area is 278 Å². The number of benzene rings is 3. The van der Waals surface area contributed by atoms with E-state index in [4.69, 9.17) is 10.8 Å². The van der Waals surface area contributed by atoms with Crippen LogP contribution in [-0.2, 0) is 26.5 Å². The van der Waals surface area contributed by atoms with E-state index in [0.717, 1.165) is 34.0 Å². The zero-order valence-corrected chi connectivity index (χ0v) is 30.9. The van der Waals surface area contributed by atoms with E-state index in [9.17, 15) is 4.39 Å². The van der Waals surface area contributed by atoms with Gasteiger partial charge in [0.25, 0.3) is 0 Å². The van der Waals surface area contributed by atoms with E-state index < -0.39 is 19.2 Å². The largest absolute Gasteiger partial charge is 0.498 e. The number of hydrogen-bond donors (Lipinski definition) is 0. The minimum atomic E-state index is -1.86. The van der Waals surface area contributed by atoms with Crippen LogP contribution in [-0.4, -0.2) is 23.2 Å². The zero-order chi connectivity index (χ0) is 31.6. The quantitative estimate of drug-likeness (QED) is 0.124. The third-order valence-electron chi connectivity index (χ3n) is 7.41. The van der Waals surface area contributed by atoms with Crippen LogP contribution in [0.1, 0.15) is 46.1 Å². The number of aromatic nitrogens is 2. The molecule has 3 aromatic heterocycles. The average Bonchev–Trinajstić information content (AvgIpc) is 3.37.